The molecular formula is C20H23ClF2N2O3. The van der Waals surface area contributed by atoms with Gasteiger partial charge in [-0.05, 0) is 23.3 Å². The van der Waals surface area contributed by atoms with Crippen molar-refractivity contribution in [3.63, 3.8) is 0 Å². The van der Waals surface area contributed by atoms with Gasteiger partial charge in [0.25, 0.3) is 5.92 Å². The van der Waals surface area contributed by atoms with Gasteiger partial charge in [0.1, 0.15) is 6.61 Å². The highest BCUT2D eigenvalue weighted by atomic mass is 35.5. The molecule has 0 bridgehead atoms. The SMILES string of the molecule is COc1cc(CNC(=O)C2CC(F)(F)CN2)ccc1OCc1ccccc1.Cl. The van der Waals surface area contributed by atoms with E-state index in [4.69, 9.17) is 9.47 Å². The molecule has 3 rings (SSSR count). The van der Waals surface area contributed by atoms with Crippen molar-refractivity contribution in [1.29, 1.82) is 0 Å². The van der Waals surface area contributed by atoms with Gasteiger partial charge in [-0.25, -0.2) is 8.78 Å². The molecule has 0 spiro atoms. The average molecular weight is 413 g/mol. The fourth-order valence-electron chi connectivity index (χ4n) is 2.89. The minimum Gasteiger partial charge on any atom is -0.493 e. The molecule has 1 amide bonds. The Morgan fingerprint density at radius 1 is 1.18 bits per heavy atom. The van der Waals surface area contributed by atoms with E-state index in [2.05, 4.69) is 10.6 Å². The number of nitrogens with one attached hydrogen (secondary N) is 2. The minimum absolute atomic E-state index is 0. The Bertz CT molecular complexity index is 790. The van der Waals surface area contributed by atoms with Gasteiger partial charge in [-0.3, -0.25) is 10.1 Å². The number of benzene rings is 2. The van der Waals surface area contributed by atoms with Crippen molar-refractivity contribution in [1.82, 2.24) is 10.6 Å². The summed E-state index contributed by atoms with van der Waals surface area (Å²) in [5, 5.41) is 5.22. The van der Waals surface area contributed by atoms with Crippen molar-refractivity contribution in [2.75, 3.05) is 13.7 Å². The molecule has 0 aliphatic carbocycles. The third kappa shape index (κ3) is 5.81. The predicted octanol–water partition coefficient (Wildman–Crippen LogP) is 3.31. The van der Waals surface area contributed by atoms with Crippen LogP contribution in [0.25, 0.3) is 0 Å². The van der Waals surface area contributed by atoms with Crippen molar-refractivity contribution >= 4 is 18.3 Å². The zero-order valence-electron chi connectivity index (χ0n) is 15.4. The average Bonchev–Trinajstić information content (AvgIpc) is 3.05. The molecule has 1 atom stereocenters. The zero-order valence-corrected chi connectivity index (χ0v) is 16.2. The second-order valence-electron chi connectivity index (χ2n) is 6.47. The molecule has 2 aromatic rings. The molecule has 5 nitrogen and oxygen atoms in total. The first-order chi connectivity index (χ1) is 13.0. The maximum Gasteiger partial charge on any atom is 0.262 e. The van der Waals surface area contributed by atoms with E-state index < -0.39 is 30.8 Å². The molecule has 1 aliphatic heterocycles. The van der Waals surface area contributed by atoms with Gasteiger partial charge in [0.2, 0.25) is 5.91 Å². The molecule has 28 heavy (non-hydrogen) atoms. The molecule has 0 radical (unpaired) electrons. The van der Waals surface area contributed by atoms with Gasteiger partial charge in [0.15, 0.2) is 11.5 Å². The number of amides is 1. The van der Waals surface area contributed by atoms with Crippen LogP contribution in [0.2, 0.25) is 0 Å². The number of hydrogen-bond donors (Lipinski definition) is 2. The maximum absolute atomic E-state index is 13.2. The van der Waals surface area contributed by atoms with Crippen LogP contribution in [0, 0.1) is 0 Å². The van der Waals surface area contributed by atoms with E-state index >= 15 is 0 Å². The molecule has 0 saturated carbocycles. The summed E-state index contributed by atoms with van der Waals surface area (Å²) >= 11 is 0. The van der Waals surface area contributed by atoms with E-state index in [9.17, 15) is 13.6 Å². The predicted molar refractivity (Wildman–Crippen MR) is 104 cm³/mol. The zero-order chi connectivity index (χ0) is 19.3. The van der Waals surface area contributed by atoms with Crippen LogP contribution < -0.4 is 20.1 Å². The molecule has 1 unspecified atom stereocenters. The highest BCUT2D eigenvalue weighted by Crippen LogP contribution is 2.29. The second-order valence-corrected chi connectivity index (χ2v) is 6.47. The lowest BCUT2D eigenvalue weighted by atomic mass is 10.1. The van der Waals surface area contributed by atoms with Gasteiger partial charge in [-0.15, -0.1) is 12.4 Å². The van der Waals surface area contributed by atoms with E-state index in [1.165, 1.54) is 7.11 Å². The lowest BCUT2D eigenvalue weighted by Gasteiger charge is -2.14. The Hall–Kier alpha value is -2.38. The van der Waals surface area contributed by atoms with Gasteiger partial charge in [-0.1, -0.05) is 36.4 Å². The molecule has 1 fully saturated rings. The Morgan fingerprint density at radius 2 is 1.93 bits per heavy atom. The largest absolute Gasteiger partial charge is 0.493 e. The third-order valence-corrected chi connectivity index (χ3v) is 4.36. The molecule has 1 saturated heterocycles. The van der Waals surface area contributed by atoms with Crippen LogP contribution in [0.4, 0.5) is 8.78 Å². The monoisotopic (exact) mass is 412 g/mol. The topological polar surface area (TPSA) is 59.6 Å². The minimum atomic E-state index is -2.83. The number of carbonyl (C=O) groups is 1. The summed E-state index contributed by atoms with van der Waals surface area (Å²) in [5.74, 6) is -2.13. The summed E-state index contributed by atoms with van der Waals surface area (Å²) in [4.78, 5) is 12.0. The van der Waals surface area contributed by atoms with E-state index in [0.29, 0.717) is 18.1 Å². The summed E-state index contributed by atoms with van der Waals surface area (Å²) in [6.45, 7) is 0.166. The first kappa shape index (κ1) is 21.9. The summed E-state index contributed by atoms with van der Waals surface area (Å²) in [7, 11) is 1.54. The quantitative estimate of drug-likeness (QED) is 0.732. The van der Waals surface area contributed by atoms with E-state index in [0.717, 1.165) is 11.1 Å². The van der Waals surface area contributed by atoms with Crippen LogP contribution in [0.15, 0.2) is 48.5 Å². The third-order valence-electron chi connectivity index (χ3n) is 4.36. The summed E-state index contributed by atoms with van der Waals surface area (Å²) in [5.41, 5.74) is 1.83. The summed E-state index contributed by atoms with van der Waals surface area (Å²) in [6, 6.07) is 14.2. The molecule has 0 aromatic heterocycles. The van der Waals surface area contributed by atoms with Gasteiger partial charge in [-0.2, -0.15) is 0 Å². The highest BCUT2D eigenvalue weighted by molar-refractivity contribution is 5.85. The highest BCUT2D eigenvalue weighted by Gasteiger charge is 2.42. The van der Waals surface area contributed by atoms with Crippen LogP contribution >= 0.6 is 12.4 Å². The van der Waals surface area contributed by atoms with E-state index in [-0.39, 0.29) is 19.0 Å². The Morgan fingerprint density at radius 3 is 2.57 bits per heavy atom. The van der Waals surface area contributed by atoms with Gasteiger partial charge in [0, 0.05) is 13.0 Å². The van der Waals surface area contributed by atoms with E-state index in [1.54, 1.807) is 18.2 Å². The van der Waals surface area contributed by atoms with Gasteiger partial charge in [0.05, 0.1) is 19.7 Å². The van der Waals surface area contributed by atoms with Gasteiger partial charge >= 0.3 is 0 Å². The van der Waals surface area contributed by atoms with Crippen LogP contribution in [-0.2, 0) is 17.9 Å². The number of hydrogen-bond acceptors (Lipinski definition) is 4. The first-order valence-corrected chi connectivity index (χ1v) is 8.69. The standard InChI is InChI=1S/C20H22F2N2O3.ClH/c1-26-18-9-15(11-23-19(25)16-10-20(21,22)13-24-16)7-8-17(18)27-12-14-5-3-2-4-6-14;/h2-9,16,24H,10-13H2,1H3,(H,23,25);1H. The fraction of sp³-hybridized carbons (Fsp3) is 0.350. The lowest BCUT2D eigenvalue weighted by molar-refractivity contribution is -0.123. The van der Waals surface area contributed by atoms with Crippen molar-refractivity contribution in [2.24, 2.45) is 0 Å². The molecule has 1 heterocycles. The molecular weight excluding hydrogens is 390 g/mol. The lowest BCUT2D eigenvalue weighted by Crippen LogP contribution is -2.40. The van der Waals surface area contributed by atoms with Crippen molar-refractivity contribution < 1.29 is 23.0 Å². The maximum atomic E-state index is 13.2. The van der Waals surface area contributed by atoms with E-state index in [1.807, 2.05) is 30.3 Å². The fourth-order valence-corrected chi connectivity index (χ4v) is 2.89. The van der Waals surface area contributed by atoms with Crippen LogP contribution in [0.5, 0.6) is 11.5 Å². The normalized spacial score (nSPS) is 17.5. The van der Waals surface area contributed by atoms with Gasteiger partial charge < -0.3 is 14.8 Å². The summed E-state index contributed by atoms with van der Waals surface area (Å²) < 4.78 is 37.5. The number of rotatable bonds is 7. The van der Waals surface area contributed by atoms with Crippen LogP contribution in [-0.4, -0.2) is 31.5 Å². The van der Waals surface area contributed by atoms with Crippen molar-refractivity contribution in [3.05, 3.63) is 59.7 Å². The first-order valence-electron chi connectivity index (χ1n) is 8.69. The molecule has 152 valence electrons. The Labute approximate surface area is 168 Å². The van der Waals surface area contributed by atoms with Crippen molar-refractivity contribution in [2.45, 2.75) is 31.5 Å². The number of alkyl halides is 2. The Kier molecular flexibility index (Phi) is 7.60. The van der Waals surface area contributed by atoms with Crippen LogP contribution in [0.3, 0.4) is 0 Å². The molecule has 8 heteroatoms. The number of halogens is 3. The van der Waals surface area contributed by atoms with Crippen LogP contribution in [0.1, 0.15) is 17.5 Å². The number of carbonyl (C=O) groups excluding carboxylic acids is 1. The molecule has 1 aliphatic rings. The number of methoxy groups -OCH3 is 1. The molecule has 2 N–H and O–H groups in total. The van der Waals surface area contributed by atoms with Crippen molar-refractivity contribution in [3.8, 4) is 11.5 Å². The summed E-state index contributed by atoms with van der Waals surface area (Å²) in [6.07, 6.45) is -0.478. The second kappa shape index (κ2) is 9.71. The number of ether oxygens (including phenoxy) is 2. The smallest absolute Gasteiger partial charge is 0.262 e. The Balaban J connectivity index is 0.00000280. The molecule has 2 aromatic carbocycles.